The Morgan fingerprint density at radius 1 is 1.33 bits per heavy atom. The molecule has 0 unspecified atom stereocenters. The highest BCUT2D eigenvalue weighted by Gasteiger charge is 2.33. The molecule has 0 aromatic heterocycles. The summed E-state index contributed by atoms with van der Waals surface area (Å²) in [6, 6.07) is 3.57. The third kappa shape index (κ3) is 4.95. The van der Waals surface area contributed by atoms with E-state index in [4.69, 9.17) is 5.73 Å². The number of carbonyl (C=O) groups excluding carboxylic acids is 1. The lowest BCUT2D eigenvalue weighted by atomic mass is 10.1. The first-order valence-corrected chi connectivity index (χ1v) is 6.87. The second-order valence-electron chi connectivity index (χ2n) is 5.48. The van der Waals surface area contributed by atoms with Gasteiger partial charge in [0.1, 0.15) is 0 Å². The van der Waals surface area contributed by atoms with Crippen molar-refractivity contribution in [2.45, 2.75) is 39.8 Å². The van der Waals surface area contributed by atoms with E-state index in [-0.39, 0.29) is 17.3 Å². The second kappa shape index (κ2) is 6.83. The first-order chi connectivity index (χ1) is 9.62. The zero-order valence-electron chi connectivity index (χ0n) is 12.5. The number of carbonyl (C=O) groups is 1. The Balaban J connectivity index is 3.01. The number of nitrogen functional groups attached to an aromatic ring is 1. The van der Waals surface area contributed by atoms with Crippen LogP contribution in [0.4, 0.5) is 24.5 Å². The summed E-state index contributed by atoms with van der Waals surface area (Å²) >= 11 is 0. The van der Waals surface area contributed by atoms with Crippen LogP contribution in [0.3, 0.4) is 0 Å². The molecule has 0 aliphatic carbocycles. The molecule has 0 radical (unpaired) electrons. The summed E-state index contributed by atoms with van der Waals surface area (Å²) in [6.45, 7) is 5.86. The van der Waals surface area contributed by atoms with E-state index in [0.29, 0.717) is 12.5 Å². The molecule has 21 heavy (non-hydrogen) atoms. The van der Waals surface area contributed by atoms with Gasteiger partial charge >= 0.3 is 6.18 Å². The van der Waals surface area contributed by atoms with Gasteiger partial charge in [-0.15, -0.1) is 0 Å². The van der Waals surface area contributed by atoms with Crippen molar-refractivity contribution in [3.8, 4) is 0 Å². The Kier molecular flexibility index (Phi) is 5.63. The van der Waals surface area contributed by atoms with Crippen LogP contribution in [0.15, 0.2) is 18.2 Å². The van der Waals surface area contributed by atoms with E-state index in [2.05, 4.69) is 13.8 Å². The van der Waals surface area contributed by atoms with E-state index in [0.717, 1.165) is 18.9 Å². The minimum absolute atomic E-state index is 0.229. The molecule has 0 fully saturated rings. The van der Waals surface area contributed by atoms with Gasteiger partial charge in [-0.05, 0) is 37.0 Å². The molecule has 3 nitrogen and oxygen atoms in total. The highest BCUT2D eigenvalue weighted by atomic mass is 19.4. The molecular weight excluding hydrogens is 281 g/mol. The molecule has 1 aromatic carbocycles. The fraction of sp³-hybridized carbons (Fsp3) is 0.533. The zero-order chi connectivity index (χ0) is 16.2. The third-order valence-corrected chi connectivity index (χ3v) is 3.20. The Labute approximate surface area is 122 Å². The molecule has 118 valence electrons. The normalized spacial score (nSPS) is 11.8. The van der Waals surface area contributed by atoms with Gasteiger partial charge in [-0.25, -0.2) is 0 Å². The van der Waals surface area contributed by atoms with Crippen molar-refractivity contribution < 1.29 is 18.0 Å². The summed E-state index contributed by atoms with van der Waals surface area (Å²) in [5, 5.41) is 0. The molecule has 6 heteroatoms. The summed E-state index contributed by atoms with van der Waals surface area (Å²) in [4.78, 5) is 13.0. The molecule has 0 aliphatic heterocycles. The second-order valence-corrected chi connectivity index (χ2v) is 5.48. The Morgan fingerprint density at radius 3 is 2.43 bits per heavy atom. The van der Waals surface area contributed by atoms with Crippen LogP contribution in [0.1, 0.15) is 39.2 Å². The molecule has 0 spiro atoms. The van der Waals surface area contributed by atoms with E-state index >= 15 is 0 Å². The predicted octanol–water partition coefficient (Wildman–Crippen LogP) is 4.08. The highest BCUT2D eigenvalue weighted by Crippen LogP contribution is 2.36. The lowest BCUT2D eigenvalue weighted by molar-refractivity contribution is -0.137. The number of benzene rings is 1. The monoisotopic (exact) mass is 302 g/mol. The smallest absolute Gasteiger partial charge is 0.398 e. The molecule has 0 heterocycles. The summed E-state index contributed by atoms with van der Waals surface area (Å²) in [6.07, 6.45) is -2.88. The quantitative estimate of drug-likeness (QED) is 0.833. The Bertz CT molecular complexity index is 498. The number of hydrogen-bond acceptors (Lipinski definition) is 2. The number of alkyl halides is 3. The molecule has 0 bridgehead atoms. The standard InChI is InChI=1S/C15H21F3N2O/c1-10(2)5-4-8-20(11(3)21)12-6-7-14(19)13(9-12)15(16,17)18/h6-7,9-10H,4-5,8,19H2,1-3H3. The number of halogens is 3. The lowest BCUT2D eigenvalue weighted by Crippen LogP contribution is -2.30. The molecule has 0 saturated carbocycles. The average Bonchev–Trinajstić information content (AvgIpc) is 2.33. The van der Waals surface area contributed by atoms with Gasteiger partial charge in [-0.3, -0.25) is 4.79 Å². The Hall–Kier alpha value is -1.72. The van der Waals surface area contributed by atoms with Gasteiger partial charge in [0.15, 0.2) is 0 Å². The maximum absolute atomic E-state index is 12.9. The van der Waals surface area contributed by atoms with E-state index in [1.54, 1.807) is 0 Å². The SMILES string of the molecule is CC(=O)N(CCCC(C)C)c1ccc(N)c(C(F)(F)F)c1. The summed E-state index contributed by atoms with van der Waals surface area (Å²) in [5.41, 5.74) is 4.35. The van der Waals surface area contributed by atoms with Crippen molar-refractivity contribution in [3.63, 3.8) is 0 Å². The summed E-state index contributed by atoms with van der Waals surface area (Å²) < 4.78 is 38.6. The van der Waals surface area contributed by atoms with E-state index < -0.39 is 11.7 Å². The van der Waals surface area contributed by atoms with Crippen molar-refractivity contribution >= 4 is 17.3 Å². The summed E-state index contributed by atoms with van der Waals surface area (Å²) in [7, 11) is 0. The van der Waals surface area contributed by atoms with Crippen molar-refractivity contribution in [1.29, 1.82) is 0 Å². The highest BCUT2D eigenvalue weighted by molar-refractivity contribution is 5.91. The fourth-order valence-corrected chi connectivity index (χ4v) is 2.08. The van der Waals surface area contributed by atoms with Crippen molar-refractivity contribution in [3.05, 3.63) is 23.8 Å². The van der Waals surface area contributed by atoms with Crippen LogP contribution in [0.2, 0.25) is 0 Å². The van der Waals surface area contributed by atoms with Gasteiger partial charge in [0.05, 0.1) is 5.56 Å². The topological polar surface area (TPSA) is 46.3 Å². The lowest BCUT2D eigenvalue weighted by Gasteiger charge is -2.23. The molecule has 1 aromatic rings. The number of anilines is 2. The first kappa shape index (κ1) is 17.3. The van der Waals surface area contributed by atoms with E-state index in [1.165, 1.54) is 24.0 Å². The van der Waals surface area contributed by atoms with Crippen LogP contribution in [-0.4, -0.2) is 12.5 Å². The third-order valence-electron chi connectivity index (χ3n) is 3.20. The molecular formula is C15H21F3N2O. The first-order valence-electron chi connectivity index (χ1n) is 6.87. The van der Waals surface area contributed by atoms with Crippen LogP contribution >= 0.6 is 0 Å². The molecule has 2 N–H and O–H groups in total. The summed E-state index contributed by atoms with van der Waals surface area (Å²) in [5.74, 6) is 0.201. The number of rotatable bonds is 5. The number of hydrogen-bond donors (Lipinski definition) is 1. The average molecular weight is 302 g/mol. The zero-order valence-corrected chi connectivity index (χ0v) is 12.5. The van der Waals surface area contributed by atoms with Gasteiger partial charge < -0.3 is 10.6 Å². The van der Waals surface area contributed by atoms with Crippen LogP contribution in [0, 0.1) is 5.92 Å². The fourth-order valence-electron chi connectivity index (χ4n) is 2.08. The van der Waals surface area contributed by atoms with Crippen LogP contribution in [0.25, 0.3) is 0 Å². The van der Waals surface area contributed by atoms with E-state index in [9.17, 15) is 18.0 Å². The molecule has 0 saturated heterocycles. The van der Waals surface area contributed by atoms with Crippen molar-refractivity contribution in [2.75, 3.05) is 17.2 Å². The van der Waals surface area contributed by atoms with Crippen molar-refractivity contribution in [1.82, 2.24) is 0 Å². The molecule has 1 rings (SSSR count). The van der Waals surface area contributed by atoms with Gasteiger partial charge in [0, 0.05) is 24.8 Å². The number of nitrogens with two attached hydrogens (primary N) is 1. The predicted molar refractivity (Wildman–Crippen MR) is 78.0 cm³/mol. The minimum atomic E-state index is -4.53. The molecule has 0 aliphatic rings. The van der Waals surface area contributed by atoms with Gasteiger partial charge in [-0.1, -0.05) is 13.8 Å². The maximum atomic E-state index is 12.9. The van der Waals surface area contributed by atoms with Crippen LogP contribution in [0.5, 0.6) is 0 Å². The number of amides is 1. The van der Waals surface area contributed by atoms with Crippen LogP contribution in [-0.2, 0) is 11.0 Å². The maximum Gasteiger partial charge on any atom is 0.418 e. The number of nitrogens with zero attached hydrogens (tertiary/aromatic N) is 1. The van der Waals surface area contributed by atoms with Crippen LogP contribution < -0.4 is 10.6 Å². The Morgan fingerprint density at radius 2 is 1.95 bits per heavy atom. The minimum Gasteiger partial charge on any atom is -0.398 e. The van der Waals surface area contributed by atoms with Gasteiger partial charge in [-0.2, -0.15) is 13.2 Å². The van der Waals surface area contributed by atoms with Crippen molar-refractivity contribution in [2.24, 2.45) is 5.92 Å². The van der Waals surface area contributed by atoms with Gasteiger partial charge in [0.25, 0.3) is 0 Å². The largest absolute Gasteiger partial charge is 0.418 e. The molecule has 0 atom stereocenters. The van der Waals surface area contributed by atoms with E-state index in [1.807, 2.05) is 0 Å². The van der Waals surface area contributed by atoms with Gasteiger partial charge in [0.2, 0.25) is 5.91 Å². The molecule has 1 amide bonds.